The molecular weight excluding hydrogens is 354 g/mol. The molecule has 4 N–H and O–H groups in total. The molecular formula is C22H23N3O3. The number of H-pyrrole nitrogens is 1. The van der Waals surface area contributed by atoms with Gasteiger partial charge in [0, 0.05) is 35.8 Å². The topological polar surface area (TPSA) is 94.3 Å². The lowest BCUT2D eigenvalue weighted by atomic mass is 9.94. The molecule has 0 saturated carbocycles. The highest BCUT2D eigenvalue weighted by atomic mass is 16.3. The molecule has 2 aromatic heterocycles. The summed E-state index contributed by atoms with van der Waals surface area (Å²) in [6.07, 6.45) is 2.06. The van der Waals surface area contributed by atoms with Gasteiger partial charge in [-0.1, -0.05) is 19.9 Å². The van der Waals surface area contributed by atoms with Gasteiger partial charge in [0.15, 0.2) is 0 Å². The number of aromatic amines is 1. The molecule has 6 nitrogen and oxygen atoms in total. The minimum atomic E-state index is -0.137. The van der Waals surface area contributed by atoms with E-state index in [2.05, 4.69) is 21.0 Å². The van der Waals surface area contributed by atoms with E-state index in [1.165, 1.54) is 6.07 Å². The smallest absolute Gasteiger partial charge is 0.238 e. The van der Waals surface area contributed by atoms with Crippen LogP contribution in [0, 0.1) is 6.92 Å². The molecule has 6 heteroatoms. The summed E-state index contributed by atoms with van der Waals surface area (Å²) in [6.45, 7) is 5.98. The SMILES string of the molecule is Cc1cn(C)c2ccc(-c3c(O)n[nH]c3-c3cc(C(C)C)c(O)cc3O)cc12. The van der Waals surface area contributed by atoms with Gasteiger partial charge >= 0.3 is 0 Å². The van der Waals surface area contributed by atoms with Gasteiger partial charge in [0.25, 0.3) is 0 Å². The molecule has 0 spiro atoms. The Morgan fingerprint density at radius 3 is 2.50 bits per heavy atom. The molecule has 4 rings (SSSR count). The highest BCUT2D eigenvalue weighted by Gasteiger charge is 2.21. The third-order valence-electron chi connectivity index (χ3n) is 5.26. The van der Waals surface area contributed by atoms with Crippen LogP contribution in [0.25, 0.3) is 33.3 Å². The van der Waals surface area contributed by atoms with Crippen molar-refractivity contribution < 1.29 is 15.3 Å². The number of aryl methyl sites for hydroxylation is 2. The molecule has 4 aromatic rings. The van der Waals surface area contributed by atoms with Crippen LogP contribution >= 0.6 is 0 Å². The van der Waals surface area contributed by atoms with Gasteiger partial charge in [0.05, 0.1) is 11.3 Å². The van der Waals surface area contributed by atoms with Crippen LogP contribution in [-0.4, -0.2) is 30.1 Å². The average molecular weight is 377 g/mol. The molecule has 0 amide bonds. The van der Waals surface area contributed by atoms with Crippen LogP contribution in [0.15, 0.2) is 36.5 Å². The normalized spacial score (nSPS) is 11.6. The summed E-state index contributed by atoms with van der Waals surface area (Å²) in [6, 6.07) is 9.01. The molecule has 0 radical (unpaired) electrons. The zero-order valence-corrected chi connectivity index (χ0v) is 16.3. The number of phenols is 2. The maximum atomic E-state index is 10.5. The van der Waals surface area contributed by atoms with Gasteiger partial charge < -0.3 is 19.9 Å². The number of fused-ring (bicyclic) bond motifs is 1. The number of hydrogen-bond acceptors (Lipinski definition) is 4. The average Bonchev–Trinajstić information content (AvgIpc) is 3.14. The van der Waals surface area contributed by atoms with Crippen LogP contribution in [0.2, 0.25) is 0 Å². The molecule has 2 heterocycles. The van der Waals surface area contributed by atoms with E-state index in [1.807, 2.05) is 46.0 Å². The lowest BCUT2D eigenvalue weighted by Crippen LogP contribution is -1.92. The lowest BCUT2D eigenvalue weighted by Gasteiger charge is -2.13. The monoisotopic (exact) mass is 377 g/mol. The first-order valence-electron chi connectivity index (χ1n) is 9.17. The van der Waals surface area contributed by atoms with Crippen molar-refractivity contribution in [3.8, 4) is 39.8 Å². The summed E-state index contributed by atoms with van der Waals surface area (Å²) < 4.78 is 2.06. The van der Waals surface area contributed by atoms with E-state index in [9.17, 15) is 15.3 Å². The summed E-state index contributed by atoms with van der Waals surface area (Å²) in [5.41, 5.74) is 5.24. The standard InChI is InChI=1S/C22H23N3O3/c1-11(2)14-8-16(19(27)9-18(14)26)21-20(22(28)24-23-21)13-5-6-17-15(7-13)12(3)10-25(17)4/h5-11,26-27H,1-4H3,(H2,23,24,28). The van der Waals surface area contributed by atoms with E-state index in [0.29, 0.717) is 22.4 Å². The van der Waals surface area contributed by atoms with Crippen LogP contribution in [0.1, 0.15) is 30.9 Å². The van der Waals surface area contributed by atoms with Crippen LogP contribution in [0.5, 0.6) is 17.4 Å². The minimum Gasteiger partial charge on any atom is -0.508 e. The van der Waals surface area contributed by atoms with Crippen LogP contribution < -0.4 is 0 Å². The fraction of sp³-hybridized carbons (Fsp3) is 0.227. The Bertz CT molecular complexity index is 1200. The lowest BCUT2D eigenvalue weighted by molar-refractivity contribution is 0.445. The number of phenolic OH excluding ortho intramolecular Hbond substituents is 2. The predicted molar refractivity (Wildman–Crippen MR) is 110 cm³/mol. The number of aromatic hydroxyl groups is 3. The van der Waals surface area contributed by atoms with E-state index >= 15 is 0 Å². The fourth-order valence-corrected chi connectivity index (χ4v) is 3.80. The summed E-state index contributed by atoms with van der Waals surface area (Å²) in [4.78, 5) is 0. The van der Waals surface area contributed by atoms with Gasteiger partial charge in [-0.3, -0.25) is 5.10 Å². The highest BCUT2D eigenvalue weighted by Crippen LogP contribution is 2.44. The molecule has 0 unspecified atom stereocenters. The van der Waals surface area contributed by atoms with Crippen LogP contribution in [0.4, 0.5) is 0 Å². The van der Waals surface area contributed by atoms with E-state index in [1.54, 1.807) is 6.07 Å². The molecule has 0 aliphatic rings. The van der Waals surface area contributed by atoms with E-state index in [0.717, 1.165) is 22.0 Å². The van der Waals surface area contributed by atoms with Crippen molar-refractivity contribution in [2.75, 3.05) is 0 Å². The first kappa shape index (κ1) is 18.0. The highest BCUT2D eigenvalue weighted by molar-refractivity contribution is 5.93. The maximum absolute atomic E-state index is 10.5. The number of aromatic nitrogens is 3. The minimum absolute atomic E-state index is 0.0443. The molecule has 0 fully saturated rings. The summed E-state index contributed by atoms with van der Waals surface area (Å²) in [7, 11) is 2.00. The van der Waals surface area contributed by atoms with Crippen molar-refractivity contribution in [2.24, 2.45) is 7.05 Å². The third kappa shape index (κ3) is 2.69. The van der Waals surface area contributed by atoms with Crippen molar-refractivity contribution in [3.63, 3.8) is 0 Å². The molecule has 0 saturated heterocycles. The van der Waals surface area contributed by atoms with Gasteiger partial charge in [-0.15, -0.1) is 5.10 Å². The van der Waals surface area contributed by atoms with E-state index in [-0.39, 0.29) is 23.3 Å². The van der Waals surface area contributed by atoms with Gasteiger partial charge in [-0.2, -0.15) is 0 Å². The Balaban J connectivity index is 1.95. The Morgan fingerprint density at radius 2 is 1.79 bits per heavy atom. The number of rotatable bonds is 3. The number of benzene rings is 2. The largest absolute Gasteiger partial charge is 0.508 e. The molecule has 0 atom stereocenters. The Labute approximate surface area is 162 Å². The zero-order chi connectivity index (χ0) is 20.2. The molecule has 0 aliphatic carbocycles. The first-order valence-corrected chi connectivity index (χ1v) is 9.17. The summed E-state index contributed by atoms with van der Waals surface area (Å²) >= 11 is 0. The summed E-state index contributed by atoms with van der Waals surface area (Å²) in [5, 5.41) is 38.9. The summed E-state index contributed by atoms with van der Waals surface area (Å²) in [5.74, 6) is -0.101. The molecule has 0 bridgehead atoms. The van der Waals surface area contributed by atoms with Crippen molar-refractivity contribution in [3.05, 3.63) is 47.7 Å². The second-order valence-electron chi connectivity index (χ2n) is 7.54. The number of nitrogens with one attached hydrogen (secondary N) is 1. The maximum Gasteiger partial charge on any atom is 0.238 e. The molecule has 2 aromatic carbocycles. The van der Waals surface area contributed by atoms with Gasteiger partial charge in [-0.05, 0) is 47.7 Å². The van der Waals surface area contributed by atoms with Crippen molar-refractivity contribution in [1.82, 2.24) is 14.8 Å². The number of hydrogen-bond donors (Lipinski definition) is 4. The predicted octanol–water partition coefficient (Wildman–Crippen LogP) is 4.78. The van der Waals surface area contributed by atoms with Crippen molar-refractivity contribution in [1.29, 1.82) is 0 Å². The number of nitrogens with zero attached hydrogens (tertiary/aromatic N) is 2. The Hall–Kier alpha value is -3.41. The quantitative estimate of drug-likeness (QED) is 0.413. The second kappa shape index (κ2) is 6.34. The van der Waals surface area contributed by atoms with Crippen molar-refractivity contribution >= 4 is 10.9 Å². The fourth-order valence-electron chi connectivity index (χ4n) is 3.80. The van der Waals surface area contributed by atoms with Crippen LogP contribution in [0.3, 0.4) is 0 Å². The van der Waals surface area contributed by atoms with E-state index in [4.69, 9.17) is 0 Å². The second-order valence-corrected chi connectivity index (χ2v) is 7.54. The third-order valence-corrected chi connectivity index (χ3v) is 5.26. The van der Waals surface area contributed by atoms with Gasteiger partial charge in [0.1, 0.15) is 11.5 Å². The molecule has 28 heavy (non-hydrogen) atoms. The van der Waals surface area contributed by atoms with Gasteiger partial charge in [0.2, 0.25) is 5.88 Å². The molecule has 0 aliphatic heterocycles. The Morgan fingerprint density at radius 1 is 1.04 bits per heavy atom. The van der Waals surface area contributed by atoms with E-state index < -0.39 is 0 Å². The first-order chi connectivity index (χ1) is 13.3. The van der Waals surface area contributed by atoms with Crippen molar-refractivity contribution in [2.45, 2.75) is 26.7 Å². The Kier molecular flexibility index (Phi) is 4.07. The van der Waals surface area contributed by atoms with Gasteiger partial charge in [-0.25, -0.2) is 0 Å². The van der Waals surface area contributed by atoms with Crippen LogP contribution in [-0.2, 0) is 7.05 Å². The zero-order valence-electron chi connectivity index (χ0n) is 16.3. The molecule has 144 valence electrons.